The van der Waals surface area contributed by atoms with Crippen LogP contribution in [0.25, 0.3) is 0 Å². The number of aliphatic carboxylic acids is 1. The van der Waals surface area contributed by atoms with Crippen LogP contribution in [0, 0.1) is 0 Å². The van der Waals surface area contributed by atoms with Gasteiger partial charge in [-0.2, -0.15) is 0 Å². The van der Waals surface area contributed by atoms with Gasteiger partial charge in [0, 0.05) is 6.54 Å². The number of carboxylic acid groups (broad SMARTS) is 1. The fourth-order valence-corrected chi connectivity index (χ4v) is 2.13. The first kappa shape index (κ1) is 17.3. The zero-order valence-corrected chi connectivity index (χ0v) is 12.1. The lowest BCUT2D eigenvalue weighted by Crippen LogP contribution is -2.48. The van der Waals surface area contributed by atoms with E-state index in [9.17, 15) is 9.59 Å². The molecular weight excluding hydrogens is 302 g/mol. The average Bonchev–Trinajstić information content (AvgIpc) is 2.77. The van der Waals surface area contributed by atoms with E-state index in [0.29, 0.717) is 25.9 Å². The van der Waals surface area contributed by atoms with Gasteiger partial charge in [-0.05, 0) is 32.2 Å². The first-order valence-corrected chi connectivity index (χ1v) is 6.07. The predicted octanol–water partition coefficient (Wildman–Crippen LogP) is 0.0962. The second kappa shape index (κ2) is 8.44. The Kier molecular flexibility index (Phi) is 8.13. The van der Waals surface area contributed by atoms with Crippen LogP contribution >= 0.6 is 17.0 Å². The van der Waals surface area contributed by atoms with Crippen molar-refractivity contribution in [2.24, 2.45) is 11.5 Å². The maximum absolute atomic E-state index is 12.0. The van der Waals surface area contributed by atoms with Crippen LogP contribution in [-0.2, 0) is 9.59 Å². The smallest absolute Gasteiger partial charge is 0.326 e. The third-order valence-electron chi connectivity index (χ3n) is 3.11. The number of amides is 1. The van der Waals surface area contributed by atoms with E-state index in [1.165, 1.54) is 4.90 Å². The third kappa shape index (κ3) is 4.55. The standard InChI is InChI=1S/C11H21N3O3.BrH/c12-6-2-1-4-8(13)10(15)14-7-3-5-9(14)11(16)17;/h8-9H,1-7,12-13H2,(H,16,17);1H/t8-,9-;/m0./s1. The Morgan fingerprint density at radius 1 is 1.39 bits per heavy atom. The van der Waals surface area contributed by atoms with E-state index in [1.54, 1.807) is 0 Å². The number of unbranched alkanes of at least 4 members (excludes halogenated alkanes) is 1. The molecule has 1 aliphatic rings. The van der Waals surface area contributed by atoms with Crippen LogP contribution in [0.15, 0.2) is 0 Å². The molecule has 7 heteroatoms. The van der Waals surface area contributed by atoms with E-state index >= 15 is 0 Å². The summed E-state index contributed by atoms with van der Waals surface area (Å²) in [6, 6.07) is -1.29. The van der Waals surface area contributed by atoms with Crippen LogP contribution in [0.2, 0.25) is 0 Å². The van der Waals surface area contributed by atoms with Gasteiger partial charge in [0.2, 0.25) is 5.91 Å². The van der Waals surface area contributed by atoms with Crippen molar-refractivity contribution >= 4 is 28.9 Å². The topological polar surface area (TPSA) is 110 Å². The second-order valence-electron chi connectivity index (χ2n) is 4.42. The van der Waals surface area contributed by atoms with Gasteiger partial charge in [0.25, 0.3) is 0 Å². The van der Waals surface area contributed by atoms with Gasteiger partial charge < -0.3 is 21.5 Å². The molecule has 18 heavy (non-hydrogen) atoms. The molecule has 1 rings (SSSR count). The van der Waals surface area contributed by atoms with Gasteiger partial charge in [0.15, 0.2) is 0 Å². The van der Waals surface area contributed by atoms with Crippen molar-refractivity contribution in [3.8, 4) is 0 Å². The summed E-state index contributed by atoms with van der Waals surface area (Å²) in [6.07, 6.45) is 3.46. The Balaban J connectivity index is 0.00000289. The molecule has 0 aromatic carbocycles. The van der Waals surface area contributed by atoms with Crippen molar-refractivity contribution in [1.82, 2.24) is 4.90 Å². The summed E-state index contributed by atoms with van der Waals surface area (Å²) in [5.74, 6) is -1.18. The number of carboxylic acids is 1. The highest BCUT2D eigenvalue weighted by molar-refractivity contribution is 8.93. The molecule has 2 atom stereocenters. The minimum Gasteiger partial charge on any atom is -0.480 e. The summed E-state index contributed by atoms with van der Waals surface area (Å²) in [7, 11) is 0. The average molecular weight is 324 g/mol. The number of nitrogens with zero attached hydrogens (tertiary/aromatic N) is 1. The molecule has 1 amide bonds. The fourth-order valence-electron chi connectivity index (χ4n) is 2.13. The summed E-state index contributed by atoms with van der Waals surface area (Å²) in [5, 5.41) is 8.98. The van der Waals surface area contributed by atoms with Crippen LogP contribution in [0.1, 0.15) is 32.1 Å². The van der Waals surface area contributed by atoms with Gasteiger partial charge in [-0.15, -0.1) is 17.0 Å². The molecule has 0 spiro atoms. The van der Waals surface area contributed by atoms with E-state index in [2.05, 4.69) is 0 Å². The molecule has 5 N–H and O–H groups in total. The molecule has 0 unspecified atom stereocenters. The lowest BCUT2D eigenvalue weighted by molar-refractivity contribution is -0.148. The first-order chi connectivity index (χ1) is 8.07. The Labute approximate surface area is 117 Å². The minimum atomic E-state index is -0.940. The Morgan fingerprint density at radius 3 is 2.61 bits per heavy atom. The summed E-state index contributed by atoms with van der Waals surface area (Å²) in [6.45, 7) is 1.09. The van der Waals surface area contributed by atoms with Gasteiger partial charge in [-0.3, -0.25) is 4.79 Å². The number of rotatable bonds is 6. The molecule has 106 valence electrons. The predicted molar refractivity (Wildman–Crippen MR) is 73.6 cm³/mol. The van der Waals surface area contributed by atoms with Gasteiger partial charge in [0.1, 0.15) is 6.04 Å². The highest BCUT2D eigenvalue weighted by Crippen LogP contribution is 2.19. The molecule has 0 aromatic heterocycles. The number of carbonyl (C=O) groups excluding carboxylic acids is 1. The number of nitrogens with two attached hydrogens (primary N) is 2. The maximum atomic E-state index is 12.0. The van der Waals surface area contributed by atoms with Crippen molar-refractivity contribution in [3.63, 3.8) is 0 Å². The Hall–Kier alpha value is -0.660. The summed E-state index contributed by atoms with van der Waals surface area (Å²) in [4.78, 5) is 24.3. The Morgan fingerprint density at radius 2 is 2.06 bits per heavy atom. The van der Waals surface area contributed by atoms with Crippen LogP contribution in [0.4, 0.5) is 0 Å². The van der Waals surface area contributed by atoms with Gasteiger partial charge in [-0.1, -0.05) is 6.42 Å². The summed E-state index contributed by atoms with van der Waals surface area (Å²) < 4.78 is 0. The van der Waals surface area contributed by atoms with Crippen molar-refractivity contribution in [2.45, 2.75) is 44.2 Å². The molecular formula is C11H22BrN3O3. The van der Waals surface area contributed by atoms with Gasteiger partial charge >= 0.3 is 5.97 Å². The van der Waals surface area contributed by atoms with E-state index in [0.717, 1.165) is 19.3 Å². The largest absolute Gasteiger partial charge is 0.480 e. The minimum absolute atomic E-state index is 0. The van der Waals surface area contributed by atoms with Crippen molar-refractivity contribution in [1.29, 1.82) is 0 Å². The molecule has 1 fully saturated rings. The lowest BCUT2D eigenvalue weighted by atomic mass is 10.1. The molecule has 0 aliphatic carbocycles. The third-order valence-corrected chi connectivity index (χ3v) is 3.11. The van der Waals surface area contributed by atoms with E-state index in [-0.39, 0.29) is 22.9 Å². The second-order valence-corrected chi connectivity index (χ2v) is 4.42. The summed E-state index contributed by atoms with van der Waals surface area (Å²) >= 11 is 0. The fraction of sp³-hybridized carbons (Fsp3) is 0.818. The highest BCUT2D eigenvalue weighted by atomic mass is 79.9. The Bertz CT molecular complexity index is 289. The maximum Gasteiger partial charge on any atom is 0.326 e. The zero-order chi connectivity index (χ0) is 12.8. The number of hydrogen-bond acceptors (Lipinski definition) is 4. The molecule has 0 saturated carbocycles. The molecule has 1 heterocycles. The molecule has 0 bridgehead atoms. The molecule has 6 nitrogen and oxygen atoms in total. The van der Waals surface area contributed by atoms with Crippen LogP contribution in [0.3, 0.4) is 0 Å². The van der Waals surface area contributed by atoms with Gasteiger partial charge in [-0.25, -0.2) is 4.79 Å². The molecule has 0 aromatic rings. The number of halogens is 1. The molecule has 1 aliphatic heterocycles. The van der Waals surface area contributed by atoms with Crippen LogP contribution in [0.5, 0.6) is 0 Å². The SMILES string of the molecule is Br.NCCCC[C@H](N)C(=O)N1CCC[C@H]1C(=O)O. The first-order valence-electron chi connectivity index (χ1n) is 6.07. The number of hydrogen-bond donors (Lipinski definition) is 3. The van der Waals surface area contributed by atoms with E-state index < -0.39 is 18.1 Å². The van der Waals surface area contributed by atoms with Gasteiger partial charge in [0.05, 0.1) is 6.04 Å². The van der Waals surface area contributed by atoms with Crippen molar-refractivity contribution in [3.05, 3.63) is 0 Å². The van der Waals surface area contributed by atoms with Crippen molar-refractivity contribution < 1.29 is 14.7 Å². The summed E-state index contributed by atoms with van der Waals surface area (Å²) in [5.41, 5.74) is 11.1. The lowest BCUT2D eigenvalue weighted by Gasteiger charge is -2.24. The number of likely N-dealkylation sites (tertiary alicyclic amines) is 1. The molecule has 1 saturated heterocycles. The monoisotopic (exact) mass is 323 g/mol. The normalized spacial score (nSPS) is 20.3. The molecule has 0 radical (unpaired) electrons. The highest BCUT2D eigenvalue weighted by Gasteiger charge is 2.35. The van der Waals surface area contributed by atoms with Crippen LogP contribution in [-0.4, -0.2) is 47.1 Å². The zero-order valence-electron chi connectivity index (χ0n) is 10.4. The number of carbonyl (C=O) groups is 2. The quantitative estimate of drug-likeness (QED) is 0.600. The van der Waals surface area contributed by atoms with E-state index in [4.69, 9.17) is 16.6 Å². The van der Waals surface area contributed by atoms with E-state index in [1.807, 2.05) is 0 Å². The van der Waals surface area contributed by atoms with Crippen molar-refractivity contribution in [2.75, 3.05) is 13.1 Å². The van der Waals surface area contributed by atoms with Crippen LogP contribution < -0.4 is 11.5 Å².